The fraction of sp³-hybridized carbons (Fsp3) is 0.556. The number of carbonyl (C=O) groups excluding carboxylic acids is 2. The van der Waals surface area contributed by atoms with Gasteiger partial charge in [0.2, 0.25) is 5.91 Å². The van der Waals surface area contributed by atoms with Gasteiger partial charge in [-0.05, 0) is 38.3 Å². The Hall–Kier alpha value is -1.84. The fourth-order valence-electron chi connectivity index (χ4n) is 3.31. The molecule has 3 rings (SSSR count). The second-order valence-corrected chi connectivity index (χ2v) is 6.81. The van der Waals surface area contributed by atoms with Crippen molar-refractivity contribution in [3.63, 3.8) is 0 Å². The van der Waals surface area contributed by atoms with Crippen LogP contribution in [0.25, 0.3) is 0 Å². The van der Waals surface area contributed by atoms with Gasteiger partial charge in [0, 0.05) is 37.7 Å². The van der Waals surface area contributed by atoms with E-state index in [0.29, 0.717) is 32.1 Å². The molecule has 0 aromatic heterocycles. The number of aryl methyl sites for hydroxylation is 2. The molecule has 0 N–H and O–H groups in total. The molecule has 22 heavy (non-hydrogen) atoms. The maximum absolute atomic E-state index is 12.6. The number of benzene rings is 1. The van der Waals surface area contributed by atoms with Crippen molar-refractivity contribution in [3.05, 3.63) is 34.9 Å². The number of carbonyl (C=O) groups is 2. The Labute approximate surface area is 132 Å². The molecule has 2 atom stereocenters. The third kappa shape index (κ3) is 3.01. The Morgan fingerprint density at radius 3 is 1.95 bits per heavy atom. The van der Waals surface area contributed by atoms with Crippen LogP contribution >= 0.6 is 0 Å². The van der Waals surface area contributed by atoms with Crippen molar-refractivity contribution in [2.75, 3.05) is 26.2 Å². The van der Waals surface area contributed by atoms with Crippen LogP contribution in [-0.4, -0.2) is 47.8 Å². The van der Waals surface area contributed by atoms with Gasteiger partial charge >= 0.3 is 0 Å². The zero-order chi connectivity index (χ0) is 15.9. The molecule has 0 bridgehead atoms. The molecule has 4 heteroatoms. The molecule has 118 valence electrons. The summed E-state index contributed by atoms with van der Waals surface area (Å²) < 4.78 is 0. The largest absolute Gasteiger partial charge is 0.339 e. The van der Waals surface area contributed by atoms with E-state index in [9.17, 15) is 9.59 Å². The molecule has 1 saturated heterocycles. The lowest BCUT2D eigenvalue weighted by Gasteiger charge is -2.35. The third-order valence-corrected chi connectivity index (χ3v) is 4.77. The molecule has 1 heterocycles. The van der Waals surface area contributed by atoms with E-state index in [1.807, 2.05) is 35.8 Å². The van der Waals surface area contributed by atoms with Crippen LogP contribution in [0, 0.1) is 25.7 Å². The van der Waals surface area contributed by atoms with E-state index >= 15 is 0 Å². The summed E-state index contributed by atoms with van der Waals surface area (Å²) in [6, 6.07) is 5.96. The lowest BCUT2D eigenvalue weighted by atomic mass is 10.1. The minimum atomic E-state index is 0.0821. The SMILES string of the molecule is Cc1cc(C)cc(C(=O)N2CCN(C(=O)[C@@H]3C[C@H]3C)CC2)c1. The second-order valence-electron chi connectivity index (χ2n) is 6.81. The maximum atomic E-state index is 12.6. The second kappa shape index (κ2) is 5.75. The molecule has 1 saturated carbocycles. The Bertz CT molecular complexity index is 583. The number of rotatable bonds is 2. The van der Waals surface area contributed by atoms with Crippen LogP contribution in [0.1, 0.15) is 34.8 Å². The standard InChI is InChI=1S/C18H24N2O2/c1-12-8-13(2)10-15(9-12)17(21)19-4-6-20(7-5-19)18(22)16-11-14(16)3/h8-10,14,16H,4-7,11H2,1-3H3/t14-,16-/m1/s1. The van der Waals surface area contributed by atoms with Crippen molar-refractivity contribution in [2.24, 2.45) is 11.8 Å². The summed E-state index contributed by atoms with van der Waals surface area (Å²) in [5, 5.41) is 0. The van der Waals surface area contributed by atoms with E-state index in [-0.39, 0.29) is 17.7 Å². The molecule has 1 aromatic rings. The lowest BCUT2D eigenvalue weighted by Crippen LogP contribution is -2.51. The minimum Gasteiger partial charge on any atom is -0.339 e. The molecule has 2 fully saturated rings. The van der Waals surface area contributed by atoms with Gasteiger partial charge in [-0.3, -0.25) is 9.59 Å². The van der Waals surface area contributed by atoms with Gasteiger partial charge in [0.25, 0.3) is 5.91 Å². The summed E-state index contributed by atoms with van der Waals surface area (Å²) in [6.07, 6.45) is 1.03. The quantitative estimate of drug-likeness (QED) is 0.840. The number of amides is 2. The Kier molecular flexibility index (Phi) is 3.94. The summed E-state index contributed by atoms with van der Waals surface area (Å²) in [6.45, 7) is 8.76. The van der Waals surface area contributed by atoms with Crippen LogP contribution in [0.3, 0.4) is 0 Å². The zero-order valence-electron chi connectivity index (χ0n) is 13.6. The Morgan fingerprint density at radius 1 is 0.955 bits per heavy atom. The number of piperazine rings is 1. The summed E-state index contributed by atoms with van der Waals surface area (Å²) in [7, 11) is 0. The van der Waals surface area contributed by atoms with E-state index in [0.717, 1.165) is 23.1 Å². The van der Waals surface area contributed by atoms with Gasteiger partial charge in [-0.15, -0.1) is 0 Å². The van der Waals surface area contributed by atoms with E-state index < -0.39 is 0 Å². The summed E-state index contributed by atoms with van der Waals surface area (Å²) in [5.41, 5.74) is 2.98. The van der Waals surface area contributed by atoms with Crippen molar-refractivity contribution >= 4 is 11.8 Å². The number of nitrogens with zero attached hydrogens (tertiary/aromatic N) is 2. The van der Waals surface area contributed by atoms with Crippen LogP contribution < -0.4 is 0 Å². The van der Waals surface area contributed by atoms with Crippen molar-refractivity contribution in [3.8, 4) is 0 Å². The topological polar surface area (TPSA) is 40.6 Å². The molecule has 4 nitrogen and oxygen atoms in total. The monoisotopic (exact) mass is 300 g/mol. The first kappa shape index (κ1) is 15.1. The maximum Gasteiger partial charge on any atom is 0.253 e. The Balaban J connectivity index is 1.61. The molecular weight excluding hydrogens is 276 g/mol. The summed E-state index contributed by atoms with van der Waals surface area (Å²) >= 11 is 0. The Morgan fingerprint density at radius 2 is 1.45 bits per heavy atom. The fourth-order valence-corrected chi connectivity index (χ4v) is 3.31. The van der Waals surface area contributed by atoms with E-state index in [4.69, 9.17) is 0 Å². The van der Waals surface area contributed by atoms with Crippen molar-refractivity contribution in [1.82, 2.24) is 9.80 Å². The van der Waals surface area contributed by atoms with Gasteiger partial charge in [-0.1, -0.05) is 24.1 Å². The van der Waals surface area contributed by atoms with E-state index in [1.165, 1.54) is 0 Å². The molecule has 0 unspecified atom stereocenters. The van der Waals surface area contributed by atoms with Crippen LogP contribution in [0.4, 0.5) is 0 Å². The van der Waals surface area contributed by atoms with Crippen molar-refractivity contribution < 1.29 is 9.59 Å². The summed E-state index contributed by atoms with van der Waals surface area (Å²) in [5.74, 6) is 1.15. The molecule has 1 aromatic carbocycles. The van der Waals surface area contributed by atoms with Gasteiger partial charge in [0.05, 0.1) is 0 Å². The van der Waals surface area contributed by atoms with Gasteiger partial charge in [-0.2, -0.15) is 0 Å². The molecule has 0 spiro atoms. The predicted octanol–water partition coefficient (Wildman–Crippen LogP) is 2.24. The summed E-state index contributed by atoms with van der Waals surface area (Å²) in [4.78, 5) is 28.6. The molecule has 1 aliphatic heterocycles. The smallest absolute Gasteiger partial charge is 0.253 e. The van der Waals surface area contributed by atoms with Crippen LogP contribution in [-0.2, 0) is 4.79 Å². The van der Waals surface area contributed by atoms with Crippen LogP contribution in [0.5, 0.6) is 0 Å². The van der Waals surface area contributed by atoms with Crippen molar-refractivity contribution in [2.45, 2.75) is 27.2 Å². The highest BCUT2D eigenvalue weighted by Crippen LogP contribution is 2.39. The zero-order valence-corrected chi connectivity index (χ0v) is 13.6. The van der Waals surface area contributed by atoms with Gasteiger partial charge in [-0.25, -0.2) is 0 Å². The predicted molar refractivity (Wildman–Crippen MR) is 85.7 cm³/mol. The highest BCUT2D eigenvalue weighted by Gasteiger charge is 2.42. The van der Waals surface area contributed by atoms with E-state index in [1.54, 1.807) is 0 Å². The van der Waals surface area contributed by atoms with Gasteiger partial charge in [0.15, 0.2) is 0 Å². The number of hydrogen-bond donors (Lipinski definition) is 0. The first-order valence-electron chi connectivity index (χ1n) is 8.12. The lowest BCUT2D eigenvalue weighted by molar-refractivity contribution is -0.134. The number of hydrogen-bond acceptors (Lipinski definition) is 2. The highest BCUT2D eigenvalue weighted by molar-refractivity contribution is 5.95. The molecule has 0 radical (unpaired) electrons. The van der Waals surface area contributed by atoms with E-state index in [2.05, 4.69) is 13.0 Å². The molecule has 2 aliphatic rings. The van der Waals surface area contributed by atoms with Crippen LogP contribution in [0.15, 0.2) is 18.2 Å². The van der Waals surface area contributed by atoms with Gasteiger partial charge in [0.1, 0.15) is 0 Å². The van der Waals surface area contributed by atoms with Crippen LogP contribution in [0.2, 0.25) is 0 Å². The minimum absolute atomic E-state index is 0.0821. The highest BCUT2D eigenvalue weighted by atomic mass is 16.2. The first-order valence-corrected chi connectivity index (χ1v) is 8.12. The van der Waals surface area contributed by atoms with Crippen molar-refractivity contribution in [1.29, 1.82) is 0 Å². The average Bonchev–Trinajstić information content (AvgIpc) is 3.22. The normalized spacial score (nSPS) is 24.3. The average molecular weight is 300 g/mol. The third-order valence-electron chi connectivity index (χ3n) is 4.77. The molecule has 2 amide bonds. The first-order chi connectivity index (χ1) is 10.5. The molecular formula is C18H24N2O2. The molecule has 1 aliphatic carbocycles. The van der Waals surface area contributed by atoms with Gasteiger partial charge < -0.3 is 9.80 Å².